The highest BCUT2D eigenvalue weighted by atomic mass is 79.9. The molecule has 0 bridgehead atoms. The second-order valence-electron chi connectivity index (χ2n) is 7.75. The second-order valence-corrected chi connectivity index (χ2v) is 8.54. The van der Waals surface area contributed by atoms with Crippen LogP contribution in [0, 0.1) is 0 Å². The molecule has 0 aromatic rings. The van der Waals surface area contributed by atoms with Crippen LogP contribution in [0.25, 0.3) is 0 Å². The van der Waals surface area contributed by atoms with Crippen molar-refractivity contribution in [3.8, 4) is 0 Å². The Kier molecular flexibility index (Phi) is 24.4. The van der Waals surface area contributed by atoms with Crippen molar-refractivity contribution in [3.05, 3.63) is 12.2 Å². The fourth-order valence-corrected chi connectivity index (χ4v) is 3.80. The van der Waals surface area contributed by atoms with Crippen molar-refractivity contribution in [2.45, 2.75) is 135 Å². The maximum atomic E-state index is 3.50. The van der Waals surface area contributed by atoms with Gasteiger partial charge in [0, 0.05) is 5.33 Å². The Morgan fingerprint density at radius 3 is 1.12 bits per heavy atom. The monoisotopic (exact) mass is 414 g/mol. The molecule has 0 aromatic heterocycles. The minimum Gasteiger partial charge on any atom is -0.0928 e. The highest BCUT2D eigenvalue weighted by Gasteiger charge is 1.93. The molecule has 0 aliphatic heterocycles. The van der Waals surface area contributed by atoms with Crippen LogP contribution < -0.4 is 0 Å². The van der Waals surface area contributed by atoms with Gasteiger partial charge in [-0.1, -0.05) is 131 Å². The zero-order chi connectivity index (χ0) is 18.3. The minimum atomic E-state index is 1.18. The van der Waals surface area contributed by atoms with Crippen molar-refractivity contribution in [2.75, 3.05) is 5.33 Å². The van der Waals surface area contributed by atoms with Crippen LogP contribution in [0.5, 0.6) is 0 Å². The topological polar surface area (TPSA) is 0 Å². The lowest BCUT2D eigenvalue weighted by Crippen LogP contribution is -1.83. The van der Waals surface area contributed by atoms with Crippen LogP contribution in [0.2, 0.25) is 0 Å². The van der Waals surface area contributed by atoms with E-state index in [-0.39, 0.29) is 0 Å². The summed E-state index contributed by atoms with van der Waals surface area (Å²) in [5.41, 5.74) is 0. The van der Waals surface area contributed by atoms with Gasteiger partial charge in [0.2, 0.25) is 0 Å². The Morgan fingerprint density at radius 2 is 0.760 bits per heavy atom. The molecule has 0 rings (SSSR count). The summed E-state index contributed by atoms with van der Waals surface area (Å²) >= 11 is 3.50. The summed E-state index contributed by atoms with van der Waals surface area (Å²) in [6.07, 6.45) is 33.3. The van der Waals surface area contributed by atoms with E-state index in [1.54, 1.807) is 0 Å². The molecule has 25 heavy (non-hydrogen) atoms. The van der Waals surface area contributed by atoms with E-state index in [0.717, 1.165) is 0 Å². The molecule has 0 aliphatic rings. The van der Waals surface area contributed by atoms with E-state index in [1.165, 1.54) is 134 Å². The molecular formula is C24H47Br. The molecule has 0 atom stereocenters. The number of unbranched alkanes of at least 4 members (excludes halogenated alkanes) is 18. The minimum absolute atomic E-state index is 1.18. The first-order valence-corrected chi connectivity index (χ1v) is 12.7. The Hall–Kier alpha value is 0.220. The summed E-state index contributed by atoms with van der Waals surface area (Å²) in [5, 5.41) is 1.18. The smallest absolute Gasteiger partial charge is 0.00313 e. The van der Waals surface area contributed by atoms with Gasteiger partial charge in [-0.25, -0.2) is 0 Å². The first-order valence-electron chi connectivity index (χ1n) is 11.6. The Labute approximate surface area is 168 Å². The van der Waals surface area contributed by atoms with Gasteiger partial charge in [-0.3, -0.25) is 0 Å². The summed E-state index contributed by atoms with van der Waals surface area (Å²) in [4.78, 5) is 0. The molecule has 0 aromatic carbocycles. The SMILES string of the molecule is CCCCCCCC/C=C\CCCCCCCCCCCCCCBr. The van der Waals surface area contributed by atoms with E-state index in [2.05, 4.69) is 35.0 Å². The normalized spacial score (nSPS) is 11.6. The Bertz CT molecular complexity index is 246. The van der Waals surface area contributed by atoms with Gasteiger partial charge in [0.25, 0.3) is 0 Å². The van der Waals surface area contributed by atoms with E-state index in [1.807, 2.05) is 0 Å². The summed E-state index contributed by atoms with van der Waals surface area (Å²) in [6, 6.07) is 0. The third kappa shape index (κ3) is 24.2. The van der Waals surface area contributed by atoms with Gasteiger partial charge < -0.3 is 0 Å². The van der Waals surface area contributed by atoms with Crippen LogP contribution in [0.3, 0.4) is 0 Å². The summed E-state index contributed by atoms with van der Waals surface area (Å²) in [5.74, 6) is 0. The van der Waals surface area contributed by atoms with Crippen LogP contribution >= 0.6 is 15.9 Å². The van der Waals surface area contributed by atoms with Crippen molar-refractivity contribution >= 4 is 15.9 Å². The number of allylic oxidation sites excluding steroid dienone is 2. The maximum Gasteiger partial charge on any atom is 0.00313 e. The van der Waals surface area contributed by atoms with Crippen molar-refractivity contribution in [3.63, 3.8) is 0 Å². The van der Waals surface area contributed by atoms with Crippen molar-refractivity contribution in [2.24, 2.45) is 0 Å². The predicted octanol–water partition coefficient (Wildman–Crippen LogP) is 9.76. The van der Waals surface area contributed by atoms with Crippen LogP contribution in [-0.4, -0.2) is 5.33 Å². The van der Waals surface area contributed by atoms with E-state index < -0.39 is 0 Å². The number of halogens is 1. The molecule has 0 aliphatic carbocycles. The van der Waals surface area contributed by atoms with Gasteiger partial charge >= 0.3 is 0 Å². The van der Waals surface area contributed by atoms with E-state index in [4.69, 9.17) is 0 Å². The van der Waals surface area contributed by atoms with Gasteiger partial charge in [-0.15, -0.1) is 0 Å². The maximum absolute atomic E-state index is 3.50. The molecule has 150 valence electrons. The van der Waals surface area contributed by atoms with Gasteiger partial charge in [-0.2, -0.15) is 0 Å². The molecule has 0 saturated heterocycles. The molecule has 0 heterocycles. The van der Waals surface area contributed by atoms with Gasteiger partial charge in [-0.05, 0) is 32.1 Å². The molecule has 0 unspecified atom stereocenters. The molecule has 0 amide bonds. The summed E-state index contributed by atoms with van der Waals surface area (Å²) < 4.78 is 0. The number of rotatable bonds is 21. The van der Waals surface area contributed by atoms with Crippen LogP contribution in [0.4, 0.5) is 0 Å². The number of hydrogen-bond acceptors (Lipinski definition) is 0. The zero-order valence-electron chi connectivity index (χ0n) is 17.4. The average Bonchev–Trinajstić information content (AvgIpc) is 2.63. The highest BCUT2D eigenvalue weighted by Crippen LogP contribution is 2.13. The first-order chi connectivity index (χ1) is 12.4. The van der Waals surface area contributed by atoms with Crippen molar-refractivity contribution in [1.82, 2.24) is 0 Å². The first kappa shape index (κ1) is 25.2. The van der Waals surface area contributed by atoms with Crippen LogP contribution in [-0.2, 0) is 0 Å². The lowest BCUT2D eigenvalue weighted by atomic mass is 10.0. The highest BCUT2D eigenvalue weighted by molar-refractivity contribution is 9.09. The average molecular weight is 416 g/mol. The van der Waals surface area contributed by atoms with Crippen molar-refractivity contribution < 1.29 is 0 Å². The van der Waals surface area contributed by atoms with E-state index in [0.29, 0.717) is 0 Å². The third-order valence-electron chi connectivity index (χ3n) is 5.15. The van der Waals surface area contributed by atoms with Gasteiger partial charge in [0.1, 0.15) is 0 Å². The largest absolute Gasteiger partial charge is 0.0928 e. The summed E-state index contributed by atoms with van der Waals surface area (Å²) in [7, 11) is 0. The molecular weight excluding hydrogens is 368 g/mol. The quantitative estimate of drug-likeness (QED) is 0.0994. The van der Waals surface area contributed by atoms with Crippen LogP contribution in [0.1, 0.15) is 135 Å². The van der Waals surface area contributed by atoms with E-state index >= 15 is 0 Å². The predicted molar refractivity (Wildman–Crippen MR) is 121 cm³/mol. The molecule has 0 nitrogen and oxygen atoms in total. The number of alkyl halides is 1. The fraction of sp³-hybridized carbons (Fsp3) is 0.917. The molecule has 0 spiro atoms. The Balaban J connectivity index is 3.03. The lowest BCUT2D eigenvalue weighted by Gasteiger charge is -2.02. The number of hydrogen-bond donors (Lipinski definition) is 0. The third-order valence-corrected chi connectivity index (χ3v) is 5.71. The molecule has 0 saturated carbocycles. The molecule has 1 heteroatoms. The molecule has 0 radical (unpaired) electrons. The second kappa shape index (κ2) is 24.2. The lowest BCUT2D eigenvalue weighted by molar-refractivity contribution is 0.545. The Morgan fingerprint density at radius 1 is 0.440 bits per heavy atom. The van der Waals surface area contributed by atoms with E-state index in [9.17, 15) is 0 Å². The summed E-state index contributed by atoms with van der Waals surface area (Å²) in [6.45, 7) is 2.29. The molecule has 0 N–H and O–H groups in total. The molecule has 0 fully saturated rings. The van der Waals surface area contributed by atoms with Crippen molar-refractivity contribution in [1.29, 1.82) is 0 Å². The van der Waals surface area contributed by atoms with Gasteiger partial charge in [0.15, 0.2) is 0 Å². The van der Waals surface area contributed by atoms with Crippen LogP contribution in [0.15, 0.2) is 12.2 Å². The van der Waals surface area contributed by atoms with Gasteiger partial charge in [0.05, 0.1) is 0 Å². The fourth-order valence-electron chi connectivity index (χ4n) is 3.40. The zero-order valence-corrected chi connectivity index (χ0v) is 19.0. The standard InChI is InChI=1S/C24H47Br/c1-2-3-4-5-6-7-8-9-10-11-12-13-14-15-16-17-18-19-20-21-22-23-24-25/h9-10H,2-8,11-24H2,1H3/b10-9-.